The van der Waals surface area contributed by atoms with E-state index in [9.17, 15) is 4.79 Å². The fourth-order valence-corrected chi connectivity index (χ4v) is 4.67. The number of halogens is 1. The molecule has 0 saturated heterocycles. The van der Waals surface area contributed by atoms with Gasteiger partial charge in [-0.25, -0.2) is 15.6 Å². The van der Waals surface area contributed by atoms with Crippen LogP contribution in [0.1, 0.15) is 43.0 Å². The van der Waals surface area contributed by atoms with Gasteiger partial charge < -0.3 is 9.84 Å². The molecule has 1 aromatic rings. The minimum absolute atomic E-state index is 0.0491. The van der Waals surface area contributed by atoms with Gasteiger partial charge in [0.1, 0.15) is 11.0 Å². The minimum atomic E-state index is -1.12. The predicted octanol–water partition coefficient (Wildman–Crippen LogP) is 3.22. The van der Waals surface area contributed by atoms with Gasteiger partial charge in [-0.15, -0.1) is 0 Å². The van der Waals surface area contributed by atoms with Gasteiger partial charge in [-0.2, -0.15) is 0 Å². The van der Waals surface area contributed by atoms with E-state index in [4.69, 9.17) is 27.3 Å². The van der Waals surface area contributed by atoms with Crippen LogP contribution in [-0.4, -0.2) is 28.8 Å². The summed E-state index contributed by atoms with van der Waals surface area (Å²) >= 11 is 5.86. The van der Waals surface area contributed by atoms with Gasteiger partial charge in [-0.3, -0.25) is 5.01 Å². The molecule has 3 fully saturated rings. The van der Waals surface area contributed by atoms with E-state index in [1.54, 1.807) is 6.20 Å². The number of hydrazine groups is 1. The van der Waals surface area contributed by atoms with Crippen LogP contribution in [0, 0.1) is 16.7 Å². The van der Waals surface area contributed by atoms with Crippen molar-refractivity contribution in [1.82, 2.24) is 4.98 Å². The molecular formula is C18H22ClN3O3. The largest absolute Gasteiger partial charge is 0.478 e. The number of carboxylic acids is 1. The summed E-state index contributed by atoms with van der Waals surface area (Å²) in [5.41, 5.74) is 1.26. The quantitative estimate of drug-likeness (QED) is 0.439. The van der Waals surface area contributed by atoms with Gasteiger partial charge in [0, 0.05) is 6.20 Å². The number of carboxylic acid groups (broad SMARTS) is 1. The molecular weight excluding hydrogens is 342 g/mol. The van der Waals surface area contributed by atoms with Gasteiger partial charge in [0.2, 0.25) is 0 Å². The summed E-state index contributed by atoms with van der Waals surface area (Å²) in [5.74, 6) is 5.94. The van der Waals surface area contributed by atoms with Crippen molar-refractivity contribution in [3.63, 3.8) is 0 Å². The van der Waals surface area contributed by atoms with Crippen molar-refractivity contribution in [2.24, 2.45) is 22.6 Å². The molecule has 0 radical (unpaired) electrons. The number of hydrogen-bond acceptors (Lipinski definition) is 5. The Hall–Kier alpha value is -1.63. The molecule has 7 heteroatoms. The molecule has 0 aliphatic heterocycles. The monoisotopic (exact) mass is 363 g/mol. The van der Waals surface area contributed by atoms with Gasteiger partial charge >= 0.3 is 5.97 Å². The SMILES string of the molecule is CC(/C=C\N(N)c1ccc(C(=O)O)c(Cl)n1)OCC1C2(CC2)C12CC2. The average molecular weight is 364 g/mol. The highest BCUT2D eigenvalue weighted by Gasteiger charge is 2.86. The van der Waals surface area contributed by atoms with Crippen LogP contribution in [0.5, 0.6) is 0 Å². The fourth-order valence-electron chi connectivity index (χ4n) is 4.44. The number of hydrogen-bond donors (Lipinski definition) is 2. The number of aromatic nitrogens is 1. The standard InChI is InChI=1S/C18H22ClN3O3/c1-11(25-10-13-17(5-6-17)18(13)7-8-18)4-9-22(20)14-3-2-12(16(23)24)15(19)21-14/h2-4,9,11,13H,5-8,10,20H2,1H3,(H,23,24)/b9-4-. The Bertz CT molecular complexity index is 725. The van der Waals surface area contributed by atoms with Crippen molar-refractivity contribution in [2.75, 3.05) is 11.6 Å². The fraction of sp³-hybridized carbons (Fsp3) is 0.556. The van der Waals surface area contributed by atoms with E-state index < -0.39 is 5.97 Å². The molecule has 0 amide bonds. The molecule has 25 heavy (non-hydrogen) atoms. The van der Waals surface area contributed by atoms with E-state index >= 15 is 0 Å². The first-order valence-corrected chi connectivity index (χ1v) is 9.01. The van der Waals surface area contributed by atoms with E-state index in [1.807, 2.05) is 13.0 Å². The van der Waals surface area contributed by atoms with Gasteiger partial charge in [-0.1, -0.05) is 11.6 Å². The Balaban J connectivity index is 1.30. The van der Waals surface area contributed by atoms with Crippen molar-refractivity contribution >= 4 is 23.4 Å². The number of nitrogens with two attached hydrogens (primary N) is 1. The van der Waals surface area contributed by atoms with Crippen LogP contribution in [0.2, 0.25) is 5.15 Å². The average Bonchev–Trinajstić information content (AvgIpc) is 3.47. The summed E-state index contributed by atoms with van der Waals surface area (Å²) in [4.78, 5) is 15.0. The number of ether oxygens (including phenoxy) is 1. The molecule has 1 aromatic heterocycles. The summed E-state index contributed by atoms with van der Waals surface area (Å²) in [5, 5.41) is 10.2. The first-order valence-electron chi connectivity index (χ1n) is 8.63. The van der Waals surface area contributed by atoms with Gasteiger partial charge in [0.25, 0.3) is 0 Å². The molecule has 1 heterocycles. The van der Waals surface area contributed by atoms with Gasteiger partial charge in [0.15, 0.2) is 0 Å². The summed E-state index contributed by atoms with van der Waals surface area (Å²) in [6.07, 6.45) is 9.04. The summed E-state index contributed by atoms with van der Waals surface area (Å²) in [6.45, 7) is 2.81. The molecule has 0 bridgehead atoms. The lowest BCUT2D eigenvalue weighted by Crippen LogP contribution is -2.26. The Morgan fingerprint density at radius 2 is 2.12 bits per heavy atom. The van der Waals surface area contributed by atoms with Crippen molar-refractivity contribution in [1.29, 1.82) is 0 Å². The van der Waals surface area contributed by atoms with Crippen LogP contribution in [0.4, 0.5) is 5.82 Å². The van der Waals surface area contributed by atoms with Crippen LogP contribution in [0.25, 0.3) is 0 Å². The highest BCUT2D eigenvalue weighted by Crippen LogP contribution is 2.92. The van der Waals surface area contributed by atoms with Crippen molar-refractivity contribution in [3.8, 4) is 0 Å². The number of nitrogens with zero attached hydrogens (tertiary/aromatic N) is 2. The van der Waals surface area contributed by atoms with Crippen LogP contribution in [0.15, 0.2) is 24.4 Å². The smallest absolute Gasteiger partial charge is 0.338 e. The number of aromatic carboxylic acids is 1. The Kier molecular flexibility index (Phi) is 3.83. The molecule has 1 atom stereocenters. The Labute approximate surface area is 151 Å². The number of carbonyl (C=O) groups is 1. The third-order valence-corrected chi connectivity index (χ3v) is 6.48. The topological polar surface area (TPSA) is 88.7 Å². The van der Waals surface area contributed by atoms with Crippen molar-refractivity contribution < 1.29 is 14.6 Å². The van der Waals surface area contributed by atoms with E-state index in [2.05, 4.69) is 4.98 Å². The van der Waals surface area contributed by atoms with Gasteiger partial charge in [0.05, 0.1) is 18.3 Å². The maximum atomic E-state index is 11.0. The molecule has 3 N–H and O–H groups in total. The predicted molar refractivity (Wildman–Crippen MR) is 94.3 cm³/mol. The molecule has 3 saturated carbocycles. The highest BCUT2D eigenvalue weighted by molar-refractivity contribution is 6.32. The molecule has 3 aliphatic rings. The first kappa shape index (κ1) is 16.8. The highest BCUT2D eigenvalue weighted by atomic mass is 35.5. The Morgan fingerprint density at radius 1 is 1.48 bits per heavy atom. The zero-order valence-electron chi connectivity index (χ0n) is 14.1. The lowest BCUT2D eigenvalue weighted by Gasteiger charge is -2.15. The zero-order valence-corrected chi connectivity index (χ0v) is 14.9. The Morgan fingerprint density at radius 3 is 2.64 bits per heavy atom. The summed E-state index contributed by atoms with van der Waals surface area (Å²) < 4.78 is 5.98. The third-order valence-electron chi connectivity index (χ3n) is 6.19. The van der Waals surface area contributed by atoms with E-state index in [0.717, 1.165) is 12.5 Å². The maximum absolute atomic E-state index is 11.0. The second-order valence-corrected chi connectivity index (χ2v) is 7.82. The molecule has 0 aromatic carbocycles. The molecule has 2 spiro atoms. The van der Waals surface area contributed by atoms with E-state index in [-0.39, 0.29) is 16.8 Å². The second kappa shape index (κ2) is 5.69. The van der Waals surface area contributed by atoms with E-state index in [0.29, 0.717) is 16.6 Å². The molecule has 6 nitrogen and oxygen atoms in total. The summed E-state index contributed by atoms with van der Waals surface area (Å²) in [6, 6.07) is 2.90. The van der Waals surface area contributed by atoms with Crippen molar-refractivity contribution in [2.45, 2.75) is 38.7 Å². The zero-order chi connectivity index (χ0) is 17.8. The first-order chi connectivity index (χ1) is 11.9. The van der Waals surface area contributed by atoms with E-state index in [1.165, 1.54) is 42.8 Å². The number of anilines is 1. The molecule has 3 aliphatic carbocycles. The molecule has 4 rings (SSSR count). The van der Waals surface area contributed by atoms with Crippen molar-refractivity contribution in [3.05, 3.63) is 35.1 Å². The van der Waals surface area contributed by atoms with Crippen LogP contribution >= 0.6 is 11.6 Å². The normalized spacial score (nSPS) is 23.2. The molecule has 134 valence electrons. The lowest BCUT2D eigenvalue weighted by atomic mass is 10.3. The number of pyridine rings is 1. The number of fused-ring (bicyclic) bond motifs is 1. The van der Waals surface area contributed by atoms with Gasteiger partial charge in [-0.05, 0) is 67.6 Å². The maximum Gasteiger partial charge on any atom is 0.338 e. The second-order valence-electron chi connectivity index (χ2n) is 7.47. The third kappa shape index (κ3) is 2.72. The lowest BCUT2D eigenvalue weighted by molar-refractivity contribution is 0.0696. The molecule has 1 unspecified atom stereocenters. The minimum Gasteiger partial charge on any atom is -0.478 e. The number of rotatable bonds is 7. The van der Waals surface area contributed by atoms with Crippen LogP contribution in [-0.2, 0) is 4.74 Å². The van der Waals surface area contributed by atoms with Crippen LogP contribution in [0.3, 0.4) is 0 Å². The summed E-state index contributed by atoms with van der Waals surface area (Å²) in [7, 11) is 0. The van der Waals surface area contributed by atoms with Crippen LogP contribution < -0.4 is 10.9 Å².